The quantitative estimate of drug-likeness (QED) is 0.175. The van der Waals surface area contributed by atoms with E-state index >= 15 is 0 Å². The molecule has 94 valence electrons. The summed E-state index contributed by atoms with van der Waals surface area (Å²) in [6.07, 6.45) is 0. The molecule has 0 saturated heterocycles. The van der Waals surface area contributed by atoms with Crippen molar-refractivity contribution in [3.8, 4) is 0 Å². The van der Waals surface area contributed by atoms with Gasteiger partial charge in [-0.05, 0) is 0 Å². The van der Waals surface area contributed by atoms with Crippen LogP contribution in [-0.4, -0.2) is 20.6 Å². The summed E-state index contributed by atoms with van der Waals surface area (Å²) in [6, 6.07) is 0. The van der Waals surface area contributed by atoms with E-state index in [2.05, 4.69) is 18.4 Å². The van der Waals surface area contributed by atoms with Crippen molar-refractivity contribution in [2.75, 3.05) is 0 Å². The van der Waals surface area contributed by atoms with Crippen molar-refractivity contribution in [2.24, 2.45) is 16.6 Å². The van der Waals surface area contributed by atoms with Crippen LogP contribution in [0.15, 0.2) is 5.16 Å². The van der Waals surface area contributed by atoms with Crippen LogP contribution in [-0.2, 0) is 26.9 Å². The van der Waals surface area contributed by atoms with E-state index in [4.69, 9.17) is 26.1 Å². The van der Waals surface area contributed by atoms with E-state index in [1.807, 2.05) is 0 Å². The highest BCUT2D eigenvalue weighted by atomic mass is 31.3. The van der Waals surface area contributed by atoms with Gasteiger partial charge in [0.2, 0.25) is 5.96 Å². The van der Waals surface area contributed by atoms with Crippen molar-refractivity contribution in [1.29, 1.82) is 0 Å². The summed E-state index contributed by atoms with van der Waals surface area (Å²) in [6.45, 7) is 0. The molecule has 16 heavy (non-hydrogen) atoms. The molecule has 0 amide bonds. The van der Waals surface area contributed by atoms with Gasteiger partial charge in [-0.3, -0.25) is 4.89 Å². The molecule has 0 aliphatic rings. The van der Waals surface area contributed by atoms with Crippen molar-refractivity contribution >= 4 is 29.9 Å². The first kappa shape index (κ1) is 15.4. The molecule has 2 atom stereocenters. The molecule has 7 N–H and O–H groups in total. The van der Waals surface area contributed by atoms with E-state index in [0.717, 1.165) is 0 Å². The van der Waals surface area contributed by atoms with Crippen LogP contribution >= 0.6 is 23.9 Å². The second-order valence-corrected chi connectivity index (χ2v) is 5.78. The van der Waals surface area contributed by atoms with Gasteiger partial charge in [-0.25, -0.2) is 9.13 Å². The highest BCUT2D eigenvalue weighted by Crippen LogP contribution is 2.61. The van der Waals surface area contributed by atoms with Crippen LogP contribution in [0.25, 0.3) is 0 Å². The Kier molecular flexibility index (Phi) is 5.47. The molecule has 0 aliphatic heterocycles. The molecular formula is CH7N3O9P3+. The SMILES string of the molecule is NC(N)=NO[P+](=O)OP(=O)(O)OP(=O)(O)O. The van der Waals surface area contributed by atoms with Crippen molar-refractivity contribution in [3.63, 3.8) is 0 Å². The molecule has 0 fully saturated rings. The molecule has 0 spiro atoms. The zero-order chi connectivity index (χ0) is 13.0. The highest BCUT2D eigenvalue weighted by molar-refractivity contribution is 7.64. The van der Waals surface area contributed by atoms with Gasteiger partial charge in [0.25, 0.3) is 0 Å². The van der Waals surface area contributed by atoms with E-state index in [-0.39, 0.29) is 0 Å². The number of guanidine groups is 1. The van der Waals surface area contributed by atoms with Crippen LogP contribution in [0.1, 0.15) is 0 Å². The lowest BCUT2D eigenvalue weighted by Gasteiger charge is -2.04. The molecule has 0 heterocycles. The van der Waals surface area contributed by atoms with Gasteiger partial charge in [0.05, 0.1) is 0 Å². The maximum Gasteiger partial charge on any atom is 0.783 e. The molecule has 0 radical (unpaired) electrons. The van der Waals surface area contributed by atoms with Gasteiger partial charge in [-0.2, -0.15) is 4.31 Å². The van der Waals surface area contributed by atoms with Gasteiger partial charge in [0.1, 0.15) is 0 Å². The molecule has 0 aromatic carbocycles. The normalized spacial score (nSPS) is 16.1. The Labute approximate surface area is 89.0 Å². The van der Waals surface area contributed by atoms with E-state index in [0.29, 0.717) is 0 Å². The topological polar surface area (TPSA) is 204 Å². The zero-order valence-corrected chi connectivity index (χ0v) is 9.92. The van der Waals surface area contributed by atoms with Crippen LogP contribution in [0.4, 0.5) is 0 Å². The summed E-state index contributed by atoms with van der Waals surface area (Å²) >= 11 is 0. The third-order valence-corrected chi connectivity index (χ3v) is 3.84. The Hall–Kier alpha value is -0.570. The van der Waals surface area contributed by atoms with Gasteiger partial charge >= 0.3 is 23.9 Å². The van der Waals surface area contributed by atoms with E-state index in [9.17, 15) is 13.7 Å². The Balaban J connectivity index is 4.38. The Morgan fingerprint density at radius 1 is 1.25 bits per heavy atom. The van der Waals surface area contributed by atoms with E-state index in [1.165, 1.54) is 0 Å². The first-order chi connectivity index (χ1) is 7.02. The third kappa shape index (κ3) is 8.72. The fourth-order valence-corrected chi connectivity index (χ4v) is 2.75. The van der Waals surface area contributed by atoms with Gasteiger partial charge < -0.3 is 21.3 Å². The largest absolute Gasteiger partial charge is 0.783 e. The molecule has 0 aliphatic carbocycles. The van der Waals surface area contributed by atoms with Gasteiger partial charge in [-0.1, -0.05) is 0 Å². The second kappa shape index (κ2) is 5.67. The number of nitrogens with two attached hydrogens (primary N) is 2. The van der Waals surface area contributed by atoms with Crippen LogP contribution in [0.3, 0.4) is 0 Å². The van der Waals surface area contributed by atoms with Crippen LogP contribution in [0.5, 0.6) is 0 Å². The fourth-order valence-electron chi connectivity index (χ4n) is 0.329. The predicted octanol–water partition coefficient (Wildman–Crippen LogP) is -0.925. The summed E-state index contributed by atoms with van der Waals surface area (Å²) in [7, 11) is -13.9. The molecule has 15 heteroatoms. The number of oxime groups is 1. The lowest BCUT2D eigenvalue weighted by atomic mass is 11.1. The van der Waals surface area contributed by atoms with Crippen molar-refractivity contribution in [1.82, 2.24) is 0 Å². The fraction of sp³-hybridized carbons (Fsp3) is 0. The van der Waals surface area contributed by atoms with E-state index < -0.39 is 29.9 Å². The Bertz CT molecular complexity index is 379. The summed E-state index contributed by atoms with van der Waals surface area (Å²) in [5.74, 6) is -0.657. The number of rotatable bonds is 6. The standard InChI is InChI=1S/CH6N3O9P3/c2-1(3)4-11-14(5)12-16(9,10)13-15(6,7)8/h(H6-,2,3,4,6,7,8,9,10)/p+1. The summed E-state index contributed by atoms with van der Waals surface area (Å²) in [5.41, 5.74) is 9.48. The third-order valence-electron chi connectivity index (χ3n) is 0.592. The molecule has 0 saturated carbocycles. The number of phosphoric acid groups is 2. The summed E-state index contributed by atoms with van der Waals surface area (Å²) in [4.78, 5) is 24.9. The number of hydrogen-bond donors (Lipinski definition) is 5. The molecule has 0 bridgehead atoms. The predicted molar refractivity (Wildman–Crippen MR) is 48.5 cm³/mol. The van der Waals surface area contributed by atoms with Crippen LogP contribution in [0.2, 0.25) is 0 Å². The Morgan fingerprint density at radius 3 is 2.12 bits per heavy atom. The van der Waals surface area contributed by atoms with Gasteiger partial charge in [-0.15, -0.1) is 4.62 Å². The van der Waals surface area contributed by atoms with Crippen LogP contribution < -0.4 is 11.5 Å². The molecule has 0 aromatic heterocycles. The van der Waals surface area contributed by atoms with Crippen LogP contribution in [0, 0.1) is 0 Å². The molecule has 0 aromatic rings. The lowest BCUT2D eigenvalue weighted by Crippen LogP contribution is -2.22. The Morgan fingerprint density at radius 2 is 1.75 bits per heavy atom. The minimum absolute atomic E-state index is 0.657. The second-order valence-electron chi connectivity index (χ2n) is 1.94. The van der Waals surface area contributed by atoms with Gasteiger partial charge in [0, 0.05) is 14.0 Å². The average Bonchev–Trinajstić information content (AvgIpc) is 1.94. The van der Waals surface area contributed by atoms with Crippen molar-refractivity contribution in [2.45, 2.75) is 0 Å². The first-order valence-electron chi connectivity index (χ1n) is 3.04. The summed E-state index contributed by atoms with van der Waals surface area (Å²) < 4.78 is 42.3. The molecule has 2 unspecified atom stereocenters. The monoisotopic (exact) mass is 298 g/mol. The van der Waals surface area contributed by atoms with Crippen molar-refractivity contribution in [3.05, 3.63) is 0 Å². The number of nitrogens with zero attached hydrogens (tertiary/aromatic N) is 1. The molecular weight excluding hydrogens is 291 g/mol. The lowest BCUT2D eigenvalue weighted by molar-refractivity contribution is 0.217. The highest BCUT2D eigenvalue weighted by Gasteiger charge is 2.43. The molecule has 0 rings (SSSR count). The minimum atomic E-state index is -5.29. The summed E-state index contributed by atoms with van der Waals surface area (Å²) in [5, 5.41) is 2.69. The maximum atomic E-state index is 10.7. The van der Waals surface area contributed by atoms with Gasteiger partial charge in [0.15, 0.2) is 0 Å². The average molecular weight is 298 g/mol. The maximum absolute atomic E-state index is 10.7. The minimum Gasteiger partial charge on any atom is -0.367 e. The first-order valence-corrected chi connectivity index (χ1v) is 7.17. The smallest absolute Gasteiger partial charge is 0.367 e. The number of hydrogen-bond acceptors (Lipinski definition) is 7. The zero-order valence-electron chi connectivity index (χ0n) is 7.23. The van der Waals surface area contributed by atoms with E-state index in [1.54, 1.807) is 0 Å². The molecule has 12 nitrogen and oxygen atoms in total. The van der Waals surface area contributed by atoms with Crippen molar-refractivity contribution < 1.29 is 41.6 Å².